The van der Waals surface area contributed by atoms with Gasteiger partial charge in [-0.15, -0.1) is 0 Å². The van der Waals surface area contributed by atoms with E-state index in [4.69, 9.17) is 10.5 Å². The Morgan fingerprint density at radius 2 is 1.89 bits per heavy atom. The summed E-state index contributed by atoms with van der Waals surface area (Å²) in [6, 6.07) is -0.431. The molecule has 0 aliphatic heterocycles. The molecule has 1 rings (SSSR count). The molecule has 1 aliphatic carbocycles. The Morgan fingerprint density at radius 3 is 2.26 bits per heavy atom. The quantitative estimate of drug-likeness (QED) is 0.791. The third-order valence-electron chi connectivity index (χ3n) is 3.58. The van der Waals surface area contributed by atoms with Gasteiger partial charge in [-0.2, -0.15) is 0 Å². The molecule has 0 spiro atoms. The molecule has 1 aliphatic rings. The minimum absolute atomic E-state index is 0.203. The van der Waals surface area contributed by atoms with Gasteiger partial charge >= 0.3 is 5.97 Å². The van der Waals surface area contributed by atoms with Crippen LogP contribution >= 0.6 is 0 Å². The third-order valence-corrected chi connectivity index (χ3v) is 5.67. The number of sulfone groups is 1. The van der Waals surface area contributed by atoms with E-state index in [0.29, 0.717) is 6.42 Å². The van der Waals surface area contributed by atoms with Gasteiger partial charge in [0.2, 0.25) is 0 Å². The molecular formula is C13H25NO4S. The summed E-state index contributed by atoms with van der Waals surface area (Å²) in [6.07, 6.45) is 1.27. The first-order valence-electron chi connectivity index (χ1n) is 6.54. The van der Waals surface area contributed by atoms with Gasteiger partial charge in [-0.05, 0) is 39.0 Å². The number of hydrogen-bond acceptors (Lipinski definition) is 5. The van der Waals surface area contributed by atoms with E-state index in [2.05, 4.69) is 0 Å². The summed E-state index contributed by atoms with van der Waals surface area (Å²) in [5.74, 6) is -1.29. The normalized spacial score (nSPS) is 27.3. The molecule has 0 aromatic rings. The minimum Gasteiger partial charge on any atom is -0.459 e. The number of nitrogens with two attached hydrogens (primary N) is 1. The first kappa shape index (κ1) is 16.4. The Labute approximate surface area is 115 Å². The summed E-state index contributed by atoms with van der Waals surface area (Å²) >= 11 is 0. The van der Waals surface area contributed by atoms with Crippen LogP contribution in [0.3, 0.4) is 0 Å². The van der Waals surface area contributed by atoms with Gasteiger partial charge in [0.15, 0.2) is 9.84 Å². The van der Waals surface area contributed by atoms with Gasteiger partial charge in [0.25, 0.3) is 0 Å². The maximum Gasteiger partial charge on any atom is 0.321 e. The summed E-state index contributed by atoms with van der Waals surface area (Å²) in [5.41, 5.74) is 5.13. The fourth-order valence-electron chi connectivity index (χ4n) is 2.41. The predicted molar refractivity (Wildman–Crippen MR) is 74.4 cm³/mol. The van der Waals surface area contributed by atoms with Crippen molar-refractivity contribution < 1.29 is 17.9 Å². The standard InChI is InChI=1S/C13H25NO4S/c1-12(2,3)18-10(15)8-19(16,17)9-6-7-13(4,5)11(9)14/h9,11H,6-8,14H2,1-5H3. The zero-order valence-corrected chi connectivity index (χ0v) is 13.2. The van der Waals surface area contributed by atoms with E-state index in [1.807, 2.05) is 13.8 Å². The molecule has 1 saturated carbocycles. The van der Waals surface area contributed by atoms with E-state index in [0.717, 1.165) is 6.42 Å². The van der Waals surface area contributed by atoms with Crippen LogP contribution in [0.15, 0.2) is 0 Å². The van der Waals surface area contributed by atoms with Crippen LogP contribution in [-0.2, 0) is 19.4 Å². The minimum atomic E-state index is -3.55. The molecule has 1 fully saturated rings. The fourth-order valence-corrected chi connectivity index (χ4v) is 4.30. The Morgan fingerprint density at radius 1 is 1.37 bits per heavy atom. The summed E-state index contributed by atoms with van der Waals surface area (Å²) in [7, 11) is -3.55. The fraction of sp³-hybridized carbons (Fsp3) is 0.923. The van der Waals surface area contributed by atoms with Crippen molar-refractivity contribution in [2.75, 3.05) is 5.75 Å². The molecule has 0 amide bonds. The first-order chi connectivity index (χ1) is 8.35. The third kappa shape index (κ3) is 4.18. The molecular weight excluding hydrogens is 266 g/mol. The molecule has 0 bridgehead atoms. The highest BCUT2D eigenvalue weighted by atomic mass is 32.2. The highest BCUT2D eigenvalue weighted by molar-refractivity contribution is 7.92. The van der Waals surface area contributed by atoms with Crippen LogP contribution in [0.25, 0.3) is 0 Å². The molecule has 0 radical (unpaired) electrons. The van der Waals surface area contributed by atoms with Crippen molar-refractivity contribution in [2.45, 2.75) is 64.4 Å². The van der Waals surface area contributed by atoms with Gasteiger partial charge in [0.1, 0.15) is 11.4 Å². The molecule has 0 heterocycles. The van der Waals surface area contributed by atoms with E-state index >= 15 is 0 Å². The smallest absolute Gasteiger partial charge is 0.321 e. The maximum atomic E-state index is 12.2. The Kier molecular flexibility index (Phi) is 4.37. The molecule has 0 aromatic heterocycles. The van der Waals surface area contributed by atoms with Crippen molar-refractivity contribution in [2.24, 2.45) is 11.1 Å². The average molecular weight is 291 g/mol. The summed E-state index contributed by atoms with van der Waals surface area (Å²) in [5, 5.41) is -0.644. The molecule has 19 heavy (non-hydrogen) atoms. The zero-order chi connectivity index (χ0) is 15.1. The largest absolute Gasteiger partial charge is 0.459 e. The van der Waals surface area contributed by atoms with Crippen LogP contribution < -0.4 is 5.73 Å². The van der Waals surface area contributed by atoms with Crippen LogP contribution in [0.1, 0.15) is 47.5 Å². The second-order valence-electron chi connectivity index (χ2n) is 6.99. The van der Waals surface area contributed by atoms with Crippen LogP contribution in [-0.4, -0.2) is 37.0 Å². The topological polar surface area (TPSA) is 86.5 Å². The lowest BCUT2D eigenvalue weighted by Gasteiger charge is -2.27. The van der Waals surface area contributed by atoms with Gasteiger partial charge in [0.05, 0.1) is 5.25 Å². The molecule has 2 N–H and O–H groups in total. The summed E-state index contributed by atoms with van der Waals surface area (Å²) < 4.78 is 29.6. The lowest BCUT2D eigenvalue weighted by Crippen LogP contribution is -2.45. The molecule has 5 nitrogen and oxygen atoms in total. The van der Waals surface area contributed by atoms with E-state index in [9.17, 15) is 13.2 Å². The van der Waals surface area contributed by atoms with Crippen LogP contribution in [0, 0.1) is 5.41 Å². The van der Waals surface area contributed by atoms with E-state index < -0.39 is 38.5 Å². The molecule has 6 heteroatoms. The van der Waals surface area contributed by atoms with Gasteiger partial charge in [-0.1, -0.05) is 13.8 Å². The number of hydrogen-bond donors (Lipinski definition) is 1. The number of rotatable bonds is 3. The Hall–Kier alpha value is -0.620. The first-order valence-corrected chi connectivity index (χ1v) is 8.26. The van der Waals surface area contributed by atoms with Crippen molar-refractivity contribution in [3.05, 3.63) is 0 Å². The van der Waals surface area contributed by atoms with Gasteiger partial charge in [0, 0.05) is 6.04 Å². The Balaban J connectivity index is 2.76. The lowest BCUT2D eigenvalue weighted by molar-refractivity contribution is -0.151. The van der Waals surface area contributed by atoms with Crippen molar-refractivity contribution in [1.29, 1.82) is 0 Å². The van der Waals surface area contributed by atoms with Crippen LogP contribution in [0.2, 0.25) is 0 Å². The molecule has 2 unspecified atom stereocenters. The van der Waals surface area contributed by atoms with Gasteiger partial charge < -0.3 is 10.5 Å². The molecule has 2 atom stereocenters. The maximum absolute atomic E-state index is 12.2. The van der Waals surface area contributed by atoms with Crippen molar-refractivity contribution in [3.8, 4) is 0 Å². The van der Waals surface area contributed by atoms with Gasteiger partial charge in [-0.25, -0.2) is 8.42 Å². The molecule has 0 saturated heterocycles. The zero-order valence-electron chi connectivity index (χ0n) is 12.4. The SMILES string of the molecule is CC(C)(C)OC(=O)CS(=O)(=O)C1CCC(C)(C)C1N. The molecule has 112 valence electrons. The van der Waals surface area contributed by atoms with E-state index in [1.54, 1.807) is 20.8 Å². The molecule has 0 aromatic carbocycles. The Bertz CT molecular complexity index is 448. The van der Waals surface area contributed by atoms with Crippen molar-refractivity contribution >= 4 is 15.8 Å². The average Bonchev–Trinajstić information content (AvgIpc) is 2.37. The second-order valence-corrected chi connectivity index (χ2v) is 9.21. The van der Waals surface area contributed by atoms with E-state index in [1.165, 1.54) is 0 Å². The highest BCUT2D eigenvalue weighted by Crippen LogP contribution is 2.39. The van der Waals surface area contributed by atoms with Crippen LogP contribution in [0.4, 0.5) is 0 Å². The highest BCUT2D eigenvalue weighted by Gasteiger charge is 2.46. The van der Waals surface area contributed by atoms with E-state index in [-0.39, 0.29) is 5.41 Å². The van der Waals surface area contributed by atoms with Crippen molar-refractivity contribution in [3.63, 3.8) is 0 Å². The number of carbonyl (C=O) groups excluding carboxylic acids is 1. The number of ether oxygens (including phenoxy) is 1. The number of esters is 1. The van der Waals surface area contributed by atoms with Gasteiger partial charge in [-0.3, -0.25) is 4.79 Å². The number of carbonyl (C=O) groups is 1. The summed E-state index contributed by atoms with van der Waals surface area (Å²) in [4.78, 5) is 11.7. The van der Waals surface area contributed by atoms with Crippen molar-refractivity contribution in [1.82, 2.24) is 0 Å². The lowest BCUT2D eigenvalue weighted by atomic mass is 9.88. The summed E-state index contributed by atoms with van der Waals surface area (Å²) in [6.45, 7) is 9.05. The second kappa shape index (κ2) is 5.05. The predicted octanol–water partition coefficient (Wildman–Crippen LogP) is 1.26. The monoisotopic (exact) mass is 291 g/mol. The van der Waals surface area contributed by atoms with Crippen LogP contribution in [0.5, 0.6) is 0 Å².